The first kappa shape index (κ1) is 62.0. The fraction of sp³-hybridized carbons (Fsp3) is 0.865. The van der Waals surface area contributed by atoms with Gasteiger partial charge >= 0.3 is 25.7 Å². The molecule has 0 aromatic rings. The fourth-order valence-corrected chi connectivity index (χ4v) is 8.11. The second-order valence-corrected chi connectivity index (χ2v) is 19.2. The molecule has 2 N–H and O–H groups in total. The molecule has 0 aromatic carbocycles. The van der Waals surface area contributed by atoms with E-state index in [0.29, 0.717) is 19.3 Å². The average molecular weight is 929 g/mol. The Kier molecular flexibility index (Phi) is 45.9. The van der Waals surface area contributed by atoms with Crippen molar-refractivity contribution in [3.63, 3.8) is 0 Å². The highest BCUT2D eigenvalue weighted by Crippen LogP contribution is 2.43. The zero-order valence-electron chi connectivity index (χ0n) is 41.3. The highest BCUT2D eigenvalue weighted by atomic mass is 31.2. The smallest absolute Gasteiger partial charge is 0.462 e. The zero-order chi connectivity index (χ0) is 47.0. The third-order valence-corrected chi connectivity index (χ3v) is 12.3. The summed E-state index contributed by atoms with van der Waals surface area (Å²) in [4.78, 5) is 48.1. The van der Waals surface area contributed by atoms with Gasteiger partial charge in [0.05, 0.1) is 19.8 Å². The Morgan fingerprint density at radius 2 is 0.766 bits per heavy atom. The molecule has 0 rings (SSSR count). The van der Waals surface area contributed by atoms with E-state index < -0.39 is 57.8 Å². The highest BCUT2D eigenvalue weighted by molar-refractivity contribution is 7.47. The molecule has 3 atom stereocenters. The predicted octanol–water partition coefficient (Wildman–Crippen LogP) is 14.7. The number of hydrogen-bond donors (Lipinski definition) is 2. The first-order valence-corrected chi connectivity index (χ1v) is 27.7. The van der Waals surface area contributed by atoms with Crippen molar-refractivity contribution in [1.82, 2.24) is 0 Å². The monoisotopic (exact) mass is 929 g/mol. The van der Waals surface area contributed by atoms with Gasteiger partial charge in [0.25, 0.3) is 0 Å². The Labute approximate surface area is 391 Å². The van der Waals surface area contributed by atoms with Crippen LogP contribution in [0.25, 0.3) is 0 Å². The molecule has 0 spiro atoms. The number of carbonyl (C=O) groups excluding carboxylic acids is 3. The summed E-state index contributed by atoms with van der Waals surface area (Å²) in [7, 11) is -4.73. The van der Waals surface area contributed by atoms with E-state index in [2.05, 4.69) is 45.1 Å². The largest absolute Gasteiger partial charge is 0.472 e. The normalized spacial score (nSPS) is 13.6. The van der Waals surface area contributed by atoms with Crippen LogP contribution in [-0.4, -0.2) is 66.5 Å². The summed E-state index contributed by atoms with van der Waals surface area (Å²) in [5, 5.41) is 9.73. The number of esters is 3. The summed E-state index contributed by atoms with van der Waals surface area (Å²) in [6, 6.07) is 0. The number of phosphoric acid groups is 1. The van der Waals surface area contributed by atoms with E-state index in [1.54, 1.807) is 0 Å². The minimum Gasteiger partial charge on any atom is -0.462 e. The molecule has 64 heavy (non-hydrogen) atoms. The van der Waals surface area contributed by atoms with E-state index in [1.165, 1.54) is 122 Å². The predicted molar refractivity (Wildman–Crippen MR) is 261 cm³/mol. The first-order chi connectivity index (χ1) is 31.2. The second kappa shape index (κ2) is 47.5. The minimum atomic E-state index is -4.73. The molecule has 376 valence electrons. The third-order valence-electron chi connectivity index (χ3n) is 11.4. The number of hydrogen-bond acceptors (Lipinski definition) is 10. The number of rotatable bonds is 49. The van der Waals surface area contributed by atoms with E-state index in [1.807, 2.05) is 0 Å². The van der Waals surface area contributed by atoms with Gasteiger partial charge in [0.1, 0.15) is 12.7 Å². The van der Waals surface area contributed by atoms with Crippen LogP contribution in [0.1, 0.15) is 252 Å². The molecule has 0 aliphatic heterocycles. The Morgan fingerprint density at radius 3 is 1.19 bits per heavy atom. The molecular weight excluding hydrogens is 832 g/mol. The molecule has 0 heterocycles. The van der Waals surface area contributed by atoms with Crippen LogP contribution >= 0.6 is 7.82 Å². The van der Waals surface area contributed by atoms with Crippen LogP contribution in [0, 0.1) is 0 Å². The van der Waals surface area contributed by atoms with Crippen LogP contribution in [0.15, 0.2) is 24.3 Å². The molecule has 0 saturated heterocycles. The van der Waals surface area contributed by atoms with E-state index in [9.17, 15) is 28.9 Å². The molecule has 12 heteroatoms. The maximum Gasteiger partial charge on any atom is 0.472 e. The van der Waals surface area contributed by atoms with Crippen molar-refractivity contribution in [3.05, 3.63) is 24.3 Å². The number of phosphoric ester groups is 1. The molecule has 0 radical (unpaired) electrons. The van der Waals surface area contributed by atoms with Crippen LogP contribution in [0.5, 0.6) is 0 Å². The summed E-state index contributed by atoms with van der Waals surface area (Å²) in [5.41, 5.74) is 0. The fourth-order valence-electron chi connectivity index (χ4n) is 7.33. The van der Waals surface area contributed by atoms with Crippen molar-refractivity contribution >= 4 is 25.7 Å². The number of aliphatic hydroxyl groups is 1. The van der Waals surface area contributed by atoms with Crippen LogP contribution in [0.4, 0.5) is 0 Å². The maximum absolute atomic E-state index is 12.8. The summed E-state index contributed by atoms with van der Waals surface area (Å²) in [5.74, 6) is -1.46. The van der Waals surface area contributed by atoms with Crippen molar-refractivity contribution in [2.75, 3.05) is 26.4 Å². The Balaban J connectivity index is 4.65. The van der Waals surface area contributed by atoms with Crippen molar-refractivity contribution in [2.24, 2.45) is 0 Å². The molecule has 0 fully saturated rings. The topological polar surface area (TPSA) is 155 Å². The molecule has 0 aromatic heterocycles. The molecule has 0 amide bonds. The van der Waals surface area contributed by atoms with Crippen molar-refractivity contribution in [1.29, 1.82) is 0 Å². The third kappa shape index (κ3) is 45.1. The number of allylic oxidation sites excluding steroid dienone is 4. The SMILES string of the molecule is CCCCC/C=C\C/C=C\CCCCCCCCCCCC(=O)OC(COC(=O)CCCCCCCCCCC)COP(=O)(O)OCC(CO)OC(=O)CCCCCCCCCCC. The lowest BCUT2D eigenvalue weighted by Gasteiger charge is -2.21. The number of ether oxygens (including phenoxy) is 3. The van der Waals surface area contributed by atoms with E-state index >= 15 is 0 Å². The summed E-state index contributed by atoms with van der Waals surface area (Å²) in [6.45, 7) is 4.58. The molecular formula is C52H97O11P. The quantitative estimate of drug-likeness (QED) is 0.0197. The van der Waals surface area contributed by atoms with Gasteiger partial charge in [-0.3, -0.25) is 23.4 Å². The lowest BCUT2D eigenvalue weighted by molar-refractivity contribution is -0.161. The number of aliphatic hydroxyl groups excluding tert-OH is 1. The Bertz CT molecular complexity index is 1180. The number of unbranched alkanes of at least 4 members (excludes halogenated alkanes) is 28. The average Bonchev–Trinajstić information content (AvgIpc) is 3.28. The van der Waals surface area contributed by atoms with E-state index in [-0.39, 0.29) is 25.9 Å². The highest BCUT2D eigenvalue weighted by Gasteiger charge is 2.28. The van der Waals surface area contributed by atoms with Crippen molar-refractivity contribution in [3.8, 4) is 0 Å². The van der Waals surface area contributed by atoms with Gasteiger partial charge in [-0.1, -0.05) is 206 Å². The van der Waals surface area contributed by atoms with Gasteiger partial charge in [-0.25, -0.2) is 4.57 Å². The second-order valence-electron chi connectivity index (χ2n) is 17.7. The lowest BCUT2D eigenvalue weighted by atomic mass is 10.1. The van der Waals surface area contributed by atoms with Gasteiger partial charge in [-0.15, -0.1) is 0 Å². The Morgan fingerprint density at radius 1 is 0.438 bits per heavy atom. The molecule has 0 aliphatic carbocycles. The van der Waals surface area contributed by atoms with Gasteiger partial charge in [0.15, 0.2) is 6.10 Å². The first-order valence-electron chi connectivity index (χ1n) is 26.2. The molecule has 0 bridgehead atoms. The molecule has 0 aliphatic rings. The van der Waals surface area contributed by atoms with Crippen LogP contribution in [-0.2, 0) is 42.2 Å². The number of carbonyl (C=O) groups is 3. The van der Waals surface area contributed by atoms with Gasteiger partial charge in [0.2, 0.25) is 0 Å². The van der Waals surface area contributed by atoms with Crippen LogP contribution in [0.3, 0.4) is 0 Å². The maximum atomic E-state index is 12.8. The Hall–Kier alpha value is -2.04. The van der Waals surface area contributed by atoms with E-state index in [4.69, 9.17) is 23.3 Å². The van der Waals surface area contributed by atoms with E-state index in [0.717, 1.165) is 70.6 Å². The summed E-state index contributed by atoms with van der Waals surface area (Å²) in [6.07, 6.45) is 44.5. The minimum absolute atomic E-state index is 0.168. The van der Waals surface area contributed by atoms with Gasteiger partial charge in [-0.2, -0.15) is 0 Å². The lowest BCUT2D eigenvalue weighted by Crippen LogP contribution is -2.30. The van der Waals surface area contributed by atoms with Crippen molar-refractivity contribution < 1.29 is 52.2 Å². The standard InChI is InChI=1S/C52H97O11P/c1-4-7-10-13-16-19-20-21-22-23-24-25-26-27-28-31-34-37-40-43-52(56)63-49(45-59-50(54)41-38-35-32-29-17-14-11-8-5-2)47-61-64(57,58)60-46-48(44-53)62-51(55)42-39-36-33-30-18-15-12-9-6-3/h16,19,21-22,48-49,53H,4-15,17-18,20,23-47H2,1-3H3,(H,57,58)/b19-16-,22-21-. The summed E-state index contributed by atoms with van der Waals surface area (Å²) >= 11 is 0. The van der Waals surface area contributed by atoms with Crippen LogP contribution in [0.2, 0.25) is 0 Å². The molecule has 3 unspecified atom stereocenters. The van der Waals surface area contributed by atoms with Gasteiger partial charge in [0, 0.05) is 19.3 Å². The summed E-state index contributed by atoms with van der Waals surface area (Å²) < 4.78 is 39.3. The van der Waals surface area contributed by atoms with Gasteiger partial charge in [-0.05, 0) is 51.4 Å². The van der Waals surface area contributed by atoms with Crippen LogP contribution < -0.4 is 0 Å². The van der Waals surface area contributed by atoms with Crippen molar-refractivity contribution in [2.45, 2.75) is 264 Å². The van der Waals surface area contributed by atoms with Gasteiger partial charge < -0.3 is 24.2 Å². The molecule has 0 saturated carbocycles. The zero-order valence-corrected chi connectivity index (χ0v) is 42.2. The molecule has 11 nitrogen and oxygen atoms in total.